The van der Waals surface area contributed by atoms with Crippen molar-refractivity contribution in [3.05, 3.63) is 69.3 Å². The number of benzene rings is 2. The summed E-state index contributed by atoms with van der Waals surface area (Å²) in [5, 5.41) is 24.4. The van der Waals surface area contributed by atoms with Crippen molar-refractivity contribution in [2.45, 2.75) is 6.92 Å². The van der Waals surface area contributed by atoms with Gasteiger partial charge in [0.1, 0.15) is 5.82 Å². The fourth-order valence-electron chi connectivity index (χ4n) is 2.49. The molecule has 11 nitrogen and oxygen atoms in total. The van der Waals surface area contributed by atoms with Crippen LogP contribution in [-0.2, 0) is 4.74 Å². The molecule has 0 aliphatic rings. The first-order chi connectivity index (χ1) is 13.8. The van der Waals surface area contributed by atoms with Gasteiger partial charge in [-0.2, -0.15) is 4.68 Å². The maximum absolute atomic E-state index is 14.2. The van der Waals surface area contributed by atoms with E-state index in [9.17, 15) is 24.1 Å². The lowest BCUT2D eigenvalue weighted by Gasteiger charge is -2.10. The molecule has 0 spiro atoms. The summed E-state index contributed by atoms with van der Waals surface area (Å²) in [6.07, 6.45) is 0. The SMILES string of the molecule is COC(=O)c1cc(C(=O)Nc2cc(-n3nnnc3C)ccc2F)cc([N+](=O)[O-])c1. The van der Waals surface area contributed by atoms with Crippen molar-refractivity contribution < 1.29 is 23.6 Å². The zero-order chi connectivity index (χ0) is 21.1. The minimum Gasteiger partial charge on any atom is -0.465 e. The van der Waals surface area contributed by atoms with E-state index in [0.29, 0.717) is 11.5 Å². The van der Waals surface area contributed by atoms with Crippen LogP contribution in [0.4, 0.5) is 15.8 Å². The van der Waals surface area contributed by atoms with Gasteiger partial charge in [0, 0.05) is 17.7 Å². The molecule has 29 heavy (non-hydrogen) atoms. The number of hydrogen-bond acceptors (Lipinski definition) is 8. The molecule has 0 aliphatic heterocycles. The monoisotopic (exact) mass is 400 g/mol. The van der Waals surface area contributed by atoms with Crippen molar-refractivity contribution in [1.82, 2.24) is 20.2 Å². The number of nitro benzene ring substituents is 1. The Kier molecular flexibility index (Phi) is 5.25. The van der Waals surface area contributed by atoms with Gasteiger partial charge >= 0.3 is 5.97 Å². The Hall–Kier alpha value is -4.22. The maximum atomic E-state index is 14.2. The molecule has 1 N–H and O–H groups in total. The van der Waals surface area contributed by atoms with Crippen molar-refractivity contribution in [3.63, 3.8) is 0 Å². The molecular formula is C17H13FN6O5. The van der Waals surface area contributed by atoms with Crippen molar-refractivity contribution in [2.24, 2.45) is 0 Å². The van der Waals surface area contributed by atoms with Crippen LogP contribution in [0.5, 0.6) is 0 Å². The molecule has 0 bridgehead atoms. The van der Waals surface area contributed by atoms with Gasteiger partial charge in [0.2, 0.25) is 0 Å². The Morgan fingerprint density at radius 1 is 1.21 bits per heavy atom. The lowest BCUT2D eigenvalue weighted by atomic mass is 10.1. The third-order valence-corrected chi connectivity index (χ3v) is 3.88. The van der Waals surface area contributed by atoms with Gasteiger partial charge in [-0.1, -0.05) is 0 Å². The predicted molar refractivity (Wildman–Crippen MR) is 96.2 cm³/mol. The first kappa shape index (κ1) is 19.5. The number of halogens is 1. The summed E-state index contributed by atoms with van der Waals surface area (Å²) in [5.74, 6) is -2.02. The molecule has 0 atom stereocenters. The average Bonchev–Trinajstić information content (AvgIpc) is 3.14. The number of amides is 1. The Labute approximate surface area is 162 Å². The van der Waals surface area contributed by atoms with Gasteiger partial charge in [-0.25, -0.2) is 9.18 Å². The molecule has 1 amide bonds. The van der Waals surface area contributed by atoms with Crippen LogP contribution in [0.2, 0.25) is 0 Å². The summed E-state index contributed by atoms with van der Waals surface area (Å²) >= 11 is 0. The summed E-state index contributed by atoms with van der Waals surface area (Å²) < 4.78 is 20.1. The van der Waals surface area contributed by atoms with Crippen molar-refractivity contribution in [1.29, 1.82) is 0 Å². The van der Waals surface area contributed by atoms with Gasteiger partial charge in [-0.15, -0.1) is 5.10 Å². The van der Waals surface area contributed by atoms with E-state index in [0.717, 1.165) is 31.4 Å². The molecule has 12 heteroatoms. The highest BCUT2D eigenvalue weighted by molar-refractivity contribution is 6.06. The molecule has 1 aromatic heterocycles. The number of ether oxygens (including phenoxy) is 1. The largest absolute Gasteiger partial charge is 0.465 e. The number of nitrogens with zero attached hydrogens (tertiary/aromatic N) is 5. The molecule has 0 radical (unpaired) electrons. The fourth-order valence-corrected chi connectivity index (χ4v) is 2.49. The molecule has 148 valence electrons. The van der Waals surface area contributed by atoms with Crippen LogP contribution in [0.15, 0.2) is 36.4 Å². The number of aromatic nitrogens is 4. The predicted octanol–water partition coefficient (Wildman–Crippen LogP) is 2.06. The summed E-state index contributed by atoms with van der Waals surface area (Å²) in [6, 6.07) is 6.88. The second kappa shape index (κ2) is 7.80. The Balaban J connectivity index is 1.96. The number of nitro groups is 1. The van der Waals surface area contributed by atoms with Gasteiger partial charge in [-0.05, 0) is 41.6 Å². The van der Waals surface area contributed by atoms with Crippen molar-refractivity contribution >= 4 is 23.3 Å². The minimum atomic E-state index is -0.858. The van der Waals surface area contributed by atoms with Gasteiger partial charge in [0.15, 0.2) is 5.82 Å². The van der Waals surface area contributed by atoms with Gasteiger partial charge in [-0.3, -0.25) is 14.9 Å². The van der Waals surface area contributed by atoms with Crippen LogP contribution in [0, 0.1) is 22.9 Å². The van der Waals surface area contributed by atoms with Crippen LogP contribution in [-0.4, -0.2) is 44.1 Å². The summed E-state index contributed by atoms with van der Waals surface area (Å²) in [5.41, 5.74) is -0.711. The van der Waals surface area contributed by atoms with E-state index in [1.54, 1.807) is 6.92 Å². The Morgan fingerprint density at radius 2 is 1.93 bits per heavy atom. The van der Waals surface area contributed by atoms with E-state index in [1.807, 2.05) is 0 Å². The number of carbonyl (C=O) groups excluding carboxylic acids is 2. The van der Waals surface area contributed by atoms with E-state index < -0.39 is 28.3 Å². The van der Waals surface area contributed by atoms with E-state index in [2.05, 4.69) is 25.6 Å². The van der Waals surface area contributed by atoms with Crippen LogP contribution < -0.4 is 5.32 Å². The maximum Gasteiger partial charge on any atom is 0.338 e. The minimum absolute atomic E-state index is 0.189. The molecule has 3 rings (SSSR count). The number of rotatable bonds is 5. The third kappa shape index (κ3) is 4.05. The quantitative estimate of drug-likeness (QED) is 0.389. The molecule has 0 saturated heterocycles. The van der Waals surface area contributed by atoms with Crippen LogP contribution in [0.25, 0.3) is 5.69 Å². The zero-order valence-corrected chi connectivity index (χ0v) is 15.1. The third-order valence-electron chi connectivity index (χ3n) is 3.88. The number of esters is 1. The van der Waals surface area contributed by atoms with Crippen LogP contribution >= 0.6 is 0 Å². The molecule has 3 aromatic rings. The number of hydrogen-bond donors (Lipinski definition) is 1. The Morgan fingerprint density at radius 3 is 2.55 bits per heavy atom. The van der Waals surface area contributed by atoms with Crippen LogP contribution in [0.3, 0.4) is 0 Å². The lowest BCUT2D eigenvalue weighted by Crippen LogP contribution is -2.15. The highest BCUT2D eigenvalue weighted by Crippen LogP contribution is 2.22. The molecule has 0 unspecified atom stereocenters. The van der Waals surface area contributed by atoms with Gasteiger partial charge < -0.3 is 10.1 Å². The molecule has 2 aromatic carbocycles. The number of tetrazole rings is 1. The number of non-ortho nitro benzene ring substituents is 1. The number of methoxy groups -OCH3 is 1. The molecule has 1 heterocycles. The molecule has 0 aliphatic carbocycles. The highest BCUT2D eigenvalue weighted by atomic mass is 19.1. The number of carbonyl (C=O) groups is 2. The van der Waals surface area contributed by atoms with Gasteiger partial charge in [0.25, 0.3) is 11.6 Å². The molecule has 0 fully saturated rings. The highest BCUT2D eigenvalue weighted by Gasteiger charge is 2.19. The number of nitrogens with one attached hydrogen (secondary N) is 1. The van der Waals surface area contributed by atoms with Crippen LogP contribution in [0.1, 0.15) is 26.5 Å². The first-order valence-corrected chi connectivity index (χ1v) is 8.04. The molecule has 0 saturated carbocycles. The average molecular weight is 400 g/mol. The van der Waals surface area contributed by atoms with E-state index in [-0.39, 0.29) is 16.8 Å². The number of aryl methyl sites for hydroxylation is 1. The zero-order valence-electron chi connectivity index (χ0n) is 15.1. The lowest BCUT2D eigenvalue weighted by molar-refractivity contribution is -0.384. The van der Waals surface area contributed by atoms with Crippen molar-refractivity contribution in [3.8, 4) is 5.69 Å². The topological polar surface area (TPSA) is 142 Å². The van der Waals surface area contributed by atoms with E-state index in [4.69, 9.17) is 0 Å². The second-order valence-electron chi connectivity index (χ2n) is 5.77. The normalized spacial score (nSPS) is 10.4. The van der Waals surface area contributed by atoms with Crippen molar-refractivity contribution in [2.75, 3.05) is 12.4 Å². The fraction of sp³-hybridized carbons (Fsp3) is 0.118. The summed E-state index contributed by atoms with van der Waals surface area (Å²) in [7, 11) is 1.10. The van der Waals surface area contributed by atoms with Gasteiger partial charge in [0.05, 0.1) is 29.0 Å². The first-order valence-electron chi connectivity index (χ1n) is 8.04. The smallest absolute Gasteiger partial charge is 0.338 e. The summed E-state index contributed by atoms with van der Waals surface area (Å²) in [6.45, 7) is 1.64. The standard InChI is InChI=1S/C17H13FN6O5/c1-9-20-21-22-23(9)12-3-4-14(18)15(8-12)19-16(25)10-5-11(17(26)29-2)7-13(6-10)24(27)28/h3-8H,1-2H3,(H,19,25). The summed E-state index contributed by atoms with van der Waals surface area (Å²) in [4.78, 5) is 34.6. The Bertz CT molecular complexity index is 1130. The van der Waals surface area contributed by atoms with E-state index in [1.165, 1.54) is 16.8 Å². The van der Waals surface area contributed by atoms with E-state index >= 15 is 0 Å². The molecular weight excluding hydrogens is 387 g/mol. The number of anilines is 1. The second-order valence-corrected chi connectivity index (χ2v) is 5.77.